The van der Waals surface area contributed by atoms with Crippen LogP contribution in [-0.4, -0.2) is 69.9 Å². The molecule has 1 aromatic carbocycles. The number of aromatic nitrogens is 2. The third kappa shape index (κ3) is 10.5. The molecule has 1 aliphatic heterocycles. The van der Waals surface area contributed by atoms with Crippen molar-refractivity contribution in [2.75, 3.05) is 6.61 Å². The number of hydrogen-bond donors (Lipinski definition) is 0. The molecule has 0 bridgehead atoms. The molecule has 0 radical (unpaired) electrons. The number of carbonyl (C=O) groups is 4. The summed E-state index contributed by atoms with van der Waals surface area (Å²) in [5.41, 5.74) is 0.823. The van der Waals surface area contributed by atoms with Crippen LogP contribution in [0.2, 0.25) is 0 Å². The average Bonchev–Trinajstić information content (AvgIpc) is 3.28. The van der Waals surface area contributed by atoms with Gasteiger partial charge in [-0.15, -0.1) is 0 Å². The quantitative estimate of drug-likeness (QED) is 0.137. The Labute approximate surface area is 257 Å². The van der Waals surface area contributed by atoms with Gasteiger partial charge in [0.25, 0.3) is 0 Å². The average molecular weight is 621 g/mol. The van der Waals surface area contributed by atoms with Crippen LogP contribution in [0.1, 0.15) is 86.0 Å². The fourth-order valence-corrected chi connectivity index (χ4v) is 6.37. The number of nitrogens with zero attached hydrogens (tertiary/aromatic N) is 2. The van der Waals surface area contributed by atoms with Crippen LogP contribution < -0.4 is 0 Å². The first kappa shape index (κ1) is 34.4. The molecule has 1 aliphatic rings. The van der Waals surface area contributed by atoms with Gasteiger partial charge in [-0.3, -0.25) is 19.2 Å². The van der Waals surface area contributed by atoms with E-state index in [1.165, 1.54) is 78.0 Å². The second-order valence-electron chi connectivity index (χ2n) is 10.7. The van der Waals surface area contributed by atoms with Crippen LogP contribution in [-0.2, 0) is 49.4 Å². The first-order valence-electron chi connectivity index (χ1n) is 15.0. The van der Waals surface area contributed by atoms with E-state index in [0.29, 0.717) is 5.16 Å². The third-order valence-electron chi connectivity index (χ3n) is 7.02. The molecule has 0 saturated carbocycles. The summed E-state index contributed by atoms with van der Waals surface area (Å²) >= 11 is 1.21. The number of hydrogen-bond acceptors (Lipinski definition) is 11. The molecule has 2 heterocycles. The predicted molar refractivity (Wildman–Crippen MR) is 160 cm³/mol. The molecule has 1 fully saturated rings. The molecule has 2 aromatic rings. The Bertz CT molecular complexity index is 1230. The van der Waals surface area contributed by atoms with Gasteiger partial charge in [0.05, 0.1) is 11.0 Å². The lowest BCUT2D eigenvalue weighted by Gasteiger charge is -2.44. The molecule has 0 N–H and O–H groups in total. The van der Waals surface area contributed by atoms with Gasteiger partial charge in [-0.05, 0) is 18.6 Å². The fourth-order valence-electron chi connectivity index (χ4n) is 5.15. The highest BCUT2D eigenvalue weighted by Crippen LogP contribution is 2.38. The number of thioether (sulfide) groups is 1. The van der Waals surface area contributed by atoms with Crippen molar-refractivity contribution in [1.29, 1.82) is 0 Å². The summed E-state index contributed by atoms with van der Waals surface area (Å²) in [5, 5.41) is 0.630. The van der Waals surface area contributed by atoms with Crippen LogP contribution in [0, 0.1) is 0 Å². The number of unbranched alkanes of at least 4 members (excludes halogenated alkanes) is 7. The molecule has 12 heteroatoms. The summed E-state index contributed by atoms with van der Waals surface area (Å²) in [7, 11) is 0. The predicted octanol–water partition coefficient (Wildman–Crippen LogP) is 5.35. The first-order chi connectivity index (χ1) is 20.6. The lowest BCUT2D eigenvalue weighted by molar-refractivity contribution is -0.237. The van der Waals surface area contributed by atoms with Crippen molar-refractivity contribution in [1.82, 2.24) is 9.55 Å². The summed E-state index contributed by atoms with van der Waals surface area (Å²) in [6.45, 7) is 7.55. The van der Waals surface area contributed by atoms with Gasteiger partial charge < -0.3 is 28.3 Å². The van der Waals surface area contributed by atoms with Crippen LogP contribution >= 0.6 is 11.8 Å². The summed E-state index contributed by atoms with van der Waals surface area (Å²) in [5.74, 6) is -2.53. The number of fused-ring (bicyclic) bond motifs is 1. The molecule has 0 aliphatic carbocycles. The monoisotopic (exact) mass is 620 g/mol. The van der Waals surface area contributed by atoms with Gasteiger partial charge in [-0.2, -0.15) is 0 Å². The van der Waals surface area contributed by atoms with E-state index in [9.17, 15) is 19.2 Å². The van der Waals surface area contributed by atoms with Crippen LogP contribution in [0.5, 0.6) is 0 Å². The molecule has 1 aromatic heterocycles. The Morgan fingerprint density at radius 3 is 2.00 bits per heavy atom. The first-order valence-corrected chi connectivity index (χ1v) is 15.9. The molecule has 0 amide bonds. The SMILES string of the molecule is CCCCCCCCCCn1c(SC2OC(COC(C)=O)C(OC(C)=O)C(OC(C)=O)C2OC(C)=O)nc2ccccc21. The number of para-hydroxylation sites is 2. The van der Waals surface area contributed by atoms with Gasteiger partial charge in [-0.1, -0.05) is 75.8 Å². The topological polar surface area (TPSA) is 132 Å². The van der Waals surface area contributed by atoms with Gasteiger partial charge in [0.2, 0.25) is 0 Å². The van der Waals surface area contributed by atoms with Gasteiger partial charge in [0.1, 0.15) is 12.7 Å². The van der Waals surface area contributed by atoms with Gasteiger partial charge in [0.15, 0.2) is 28.9 Å². The number of benzene rings is 1. The fraction of sp³-hybridized carbons (Fsp3) is 0.645. The Balaban J connectivity index is 1.90. The van der Waals surface area contributed by atoms with E-state index in [0.717, 1.165) is 30.4 Å². The molecular formula is C31H44N2O9S. The van der Waals surface area contributed by atoms with E-state index in [1.807, 2.05) is 24.3 Å². The maximum atomic E-state index is 12.2. The highest BCUT2D eigenvalue weighted by Gasteiger charge is 2.52. The number of aryl methyl sites for hydroxylation is 1. The highest BCUT2D eigenvalue weighted by atomic mass is 32.2. The second kappa shape index (κ2) is 17.2. The van der Waals surface area contributed by atoms with Crippen molar-refractivity contribution in [3.8, 4) is 0 Å². The summed E-state index contributed by atoms with van der Waals surface area (Å²) in [6, 6.07) is 7.80. The summed E-state index contributed by atoms with van der Waals surface area (Å²) < 4.78 is 30.3. The Hall–Kier alpha value is -3.12. The molecule has 43 heavy (non-hydrogen) atoms. The number of imidazole rings is 1. The maximum absolute atomic E-state index is 12.2. The zero-order valence-electron chi connectivity index (χ0n) is 25.7. The van der Waals surface area contributed by atoms with E-state index in [2.05, 4.69) is 11.5 Å². The molecular weight excluding hydrogens is 576 g/mol. The number of rotatable bonds is 16. The van der Waals surface area contributed by atoms with Crippen LogP contribution in [0.15, 0.2) is 29.4 Å². The molecule has 5 unspecified atom stereocenters. The van der Waals surface area contributed by atoms with Crippen LogP contribution in [0.3, 0.4) is 0 Å². The minimum Gasteiger partial charge on any atom is -0.463 e. The Morgan fingerprint density at radius 2 is 1.37 bits per heavy atom. The normalized spacial score (nSPS) is 21.7. The Morgan fingerprint density at radius 1 is 0.791 bits per heavy atom. The Kier molecular flexibility index (Phi) is 13.8. The zero-order valence-corrected chi connectivity index (χ0v) is 26.6. The van der Waals surface area contributed by atoms with E-state index in [-0.39, 0.29) is 6.61 Å². The number of esters is 4. The minimum absolute atomic E-state index is 0.274. The lowest BCUT2D eigenvalue weighted by atomic mass is 9.99. The zero-order chi connectivity index (χ0) is 31.4. The second-order valence-corrected chi connectivity index (χ2v) is 11.8. The summed E-state index contributed by atoms with van der Waals surface area (Å²) in [6.07, 6.45) is 4.89. The highest BCUT2D eigenvalue weighted by molar-refractivity contribution is 7.99. The summed E-state index contributed by atoms with van der Waals surface area (Å²) in [4.78, 5) is 52.9. The van der Waals surface area contributed by atoms with E-state index in [1.54, 1.807) is 0 Å². The van der Waals surface area contributed by atoms with Gasteiger partial charge in [-0.25, -0.2) is 4.98 Å². The van der Waals surface area contributed by atoms with E-state index in [4.69, 9.17) is 28.7 Å². The van der Waals surface area contributed by atoms with Crippen LogP contribution in [0.25, 0.3) is 11.0 Å². The van der Waals surface area contributed by atoms with Gasteiger partial charge >= 0.3 is 23.9 Å². The van der Waals surface area contributed by atoms with Crippen molar-refractivity contribution in [2.24, 2.45) is 0 Å². The molecule has 3 rings (SSSR count). The molecule has 0 spiro atoms. The minimum atomic E-state index is -1.22. The maximum Gasteiger partial charge on any atom is 0.303 e. The van der Waals surface area contributed by atoms with Crippen LogP contribution in [0.4, 0.5) is 0 Å². The van der Waals surface area contributed by atoms with Crippen molar-refractivity contribution >= 4 is 46.7 Å². The van der Waals surface area contributed by atoms with E-state index < -0.39 is 53.7 Å². The molecule has 238 valence electrons. The van der Waals surface area contributed by atoms with Crippen molar-refractivity contribution in [2.45, 2.75) is 128 Å². The largest absolute Gasteiger partial charge is 0.463 e. The molecule has 5 atom stereocenters. The van der Waals surface area contributed by atoms with Crippen molar-refractivity contribution in [3.05, 3.63) is 24.3 Å². The van der Waals surface area contributed by atoms with E-state index >= 15 is 0 Å². The van der Waals surface area contributed by atoms with Crippen molar-refractivity contribution < 1.29 is 42.9 Å². The number of ether oxygens (including phenoxy) is 5. The third-order valence-corrected chi connectivity index (χ3v) is 8.16. The molecule has 1 saturated heterocycles. The number of carbonyl (C=O) groups excluding carboxylic acids is 4. The van der Waals surface area contributed by atoms with Crippen molar-refractivity contribution in [3.63, 3.8) is 0 Å². The smallest absolute Gasteiger partial charge is 0.303 e. The standard InChI is InChI=1S/C31H44N2O9S/c1-6-7-8-9-10-11-12-15-18-33-25-17-14-13-16-24(25)32-31(33)43-30-29(41-23(5)37)28(40-22(4)36)27(39-21(3)35)26(42-30)19-38-20(2)34/h13-14,16-17,26-30H,6-12,15,18-19H2,1-5H3. The van der Waals surface area contributed by atoms with Gasteiger partial charge in [0, 0.05) is 34.2 Å². The lowest BCUT2D eigenvalue weighted by Crippen LogP contribution is -2.61. The molecule has 11 nitrogen and oxygen atoms in total.